The number of thioether (sulfide) groups is 1. The number of benzene rings is 2. The average molecular weight is 456 g/mol. The van der Waals surface area contributed by atoms with Crippen molar-refractivity contribution in [3.63, 3.8) is 0 Å². The minimum Gasteiger partial charge on any atom is -0.368 e. The van der Waals surface area contributed by atoms with E-state index in [1.165, 1.54) is 28.6 Å². The van der Waals surface area contributed by atoms with Gasteiger partial charge in [-0.1, -0.05) is 41.6 Å². The highest BCUT2D eigenvalue weighted by Crippen LogP contribution is 2.26. The first kappa shape index (κ1) is 21.7. The fourth-order valence-electron chi connectivity index (χ4n) is 3.72. The second-order valence-corrected chi connectivity index (χ2v) is 9.14. The van der Waals surface area contributed by atoms with Gasteiger partial charge in [0.05, 0.1) is 11.4 Å². The Morgan fingerprint density at radius 1 is 1.06 bits per heavy atom. The smallest absolute Gasteiger partial charge is 0.233 e. The molecule has 3 aromatic rings. The zero-order valence-electron chi connectivity index (χ0n) is 18.0. The standard InChI is InChI=1S/C23H26ClN5OS/c1-16-5-4-6-21(18(16)3)27-9-11-28(12-10-27)22(30)14-31-23-26-25-15-29(23)19-8-7-17(2)20(24)13-19/h4-8,13,15H,9-12,14H2,1-3H3. The molecule has 8 heteroatoms. The summed E-state index contributed by atoms with van der Waals surface area (Å²) >= 11 is 7.66. The summed E-state index contributed by atoms with van der Waals surface area (Å²) < 4.78 is 1.86. The van der Waals surface area contributed by atoms with Crippen LogP contribution in [-0.2, 0) is 4.79 Å². The van der Waals surface area contributed by atoms with Gasteiger partial charge < -0.3 is 9.80 Å². The molecule has 2 heterocycles. The molecule has 0 N–H and O–H groups in total. The van der Waals surface area contributed by atoms with E-state index in [2.05, 4.69) is 47.1 Å². The number of carbonyl (C=O) groups excluding carboxylic acids is 1. The van der Waals surface area contributed by atoms with Gasteiger partial charge in [0.25, 0.3) is 0 Å². The van der Waals surface area contributed by atoms with Gasteiger partial charge in [0.15, 0.2) is 5.16 Å². The molecule has 6 nitrogen and oxygen atoms in total. The predicted molar refractivity (Wildman–Crippen MR) is 127 cm³/mol. The number of amides is 1. The van der Waals surface area contributed by atoms with Gasteiger partial charge in [-0.3, -0.25) is 9.36 Å². The van der Waals surface area contributed by atoms with Crippen molar-refractivity contribution in [3.05, 3.63) is 64.4 Å². The van der Waals surface area contributed by atoms with E-state index in [1.807, 2.05) is 34.6 Å². The Labute approximate surface area is 192 Å². The number of aryl methyl sites for hydroxylation is 2. The molecule has 0 unspecified atom stereocenters. The second kappa shape index (κ2) is 9.32. The quantitative estimate of drug-likeness (QED) is 0.537. The molecule has 1 fully saturated rings. The fourth-order valence-corrected chi connectivity index (χ4v) is 4.73. The van der Waals surface area contributed by atoms with Gasteiger partial charge >= 0.3 is 0 Å². The Bertz CT molecular complexity index is 1090. The molecule has 1 aliphatic heterocycles. The van der Waals surface area contributed by atoms with Crippen molar-refractivity contribution in [2.75, 3.05) is 36.8 Å². The van der Waals surface area contributed by atoms with Crippen LogP contribution in [0.15, 0.2) is 47.9 Å². The molecule has 0 spiro atoms. The molecular formula is C23H26ClN5OS. The lowest BCUT2D eigenvalue weighted by atomic mass is 10.1. The third-order valence-electron chi connectivity index (χ3n) is 5.82. The topological polar surface area (TPSA) is 54.3 Å². The number of hydrogen-bond donors (Lipinski definition) is 0. The monoisotopic (exact) mass is 455 g/mol. The summed E-state index contributed by atoms with van der Waals surface area (Å²) in [5.74, 6) is 0.462. The fraction of sp³-hybridized carbons (Fsp3) is 0.348. The summed E-state index contributed by atoms with van der Waals surface area (Å²) in [5.41, 5.74) is 5.78. The largest absolute Gasteiger partial charge is 0.368 e. The predicted octanol–water partition coefficient (Wildman–Crippen LogP) is 4.29. The minimum absolute atomic E-state index is 0.127. The van der Waals surface area contributed by atoms with Gasteiger partial charge in [-0.2, -0.15) is 0 Å². The molecule has 1 amide bonds. The molecule has 31 heavy (non-hydrogen) atoms. The number of rotatable bonds is 5. The van der Waals surface area contributed by atoms with Crippen molar-refractivity contribution in [1.82, 2.24) is 19.7 Å². The van der Waals surface area contributed by atoms with Crippen molar-refractivity contribution in [3.8, 4) is 5.69 Å². The first-order valence-corrected chi connectivity index (χ1v) is 11.7. The Morgan fingerprint density at radius 2 is 1.84 bits per heavy atom. The SMILES string of the molecule is Cc1ccc(-n2cnnc2SCC(=O)N2CCN(c3cccc(C)c3C)CC2)cc1Cl. The molecule has 4 rings (SSSR count). The zero-order chi connectivity index (χ0) is 22.0. The number of anilines is 1. The number of carbonyl (C=O) groups is 1. The van der Waals surface area contributed by atoms with E-state index in [-0.39, 0.29) is 5.91 Å². The molecule has 0 aliphatic carbocycles. The number of halogens is 1. The maximum Gasteiger partial charge on any atom is 0.233 e. The van der Waals surface area contributed by atoms with Crippen LogP contribution in [0.25, 0.3) is 5.69 Å². The van der Waals surface area contributed by atoms with Gasteiger partial charge in [-0.25, -0.2) is 0 Å². The summed E-state index contributed by atoms with van der Waals surface area (Å²) in [6.07, 6.45) is 1.65. The van der Waals surface area contributed by atoms with Gasteiger partial charge in [0.2, 0.25) is 5.91 Å². The number of piperazine rings is 1. The van der Waals surface area contributed by atoms with Crippen LogP contribution >= 0.6 is 23.4 Å². The summed E-state index contributed by atoms with van der Waals surface area (Å²) in [6, 6.07) is 12.2. The van der Waals surface area contributed by atoms with Crippen LogP contribution in [0.3, 0.4) is 0 Å². The lowest BCUT2D eigenvalue weighted by Crippen LogP contribution is -2.49. The first-order valence-electron chi connectivity index (χ1n) is 10.3. The summed E-state index contributed by atoms with van der Waals surface area (Å²) in [6.45, 7) is 9.42. The van der Waals surface area contributed by atoms with Crippen LogP contribution in [0.2, 0.25) is 5.02 Å². The minimum atomic E-state index is 0.127. The number of nitrogens with zero attached hydrogens (tertiary/aromatic N) is 5. The Morgan fingerprint density at radius 3 is 2.58 bits per heavy atom. The van der Waals surface area contributed by atoms with E-state index in [1.54, 1.807) is 6.33 Å². The molecule has 1 saturated heterocycles. The van der Waals surface area contributed by atoms with Gasteiger partial charge in [-0.15, -0.1) is 10.2 Å². The van der Waals surface area contributed by atoms with Crippen LogP contribution in [0.5, 0.6) is 0 Å². The summed E-state index contributed by atoms with van der Waals surface area (Å²) in [4.78, 5) is 17.1. The van der Waals surface area contributed by atoms with Crippen LogP contribution in [0, 0.1) is 20.8 Å². The Kier molecular flexibility index (Phi) is 6.53. The summed E-state index contributed by atoms with van der Waals surface area (Å²) in [7, 11) is 0. The van der Waals surface area contributed by atoms with E-state index in [0.29, 0.717) is 15.9 Å². The third-order valence-corrected chi connectivity index (χ3v) is 7.16. The van der Waals surface area contributed by atoms with E-state index in [9.17, 15) is 4.79 Å². The number of hydrogen-bond acceptors (Lipinski definition) is 5. The van der Waals surface area contributed by atoms with Gasteiger partial charge in [-0.05, 0) is 55.7 Å². The molecule has 0 atom stereocenters. The molecule has 0 bridgehead atoms. The summed E-state index contributed by atoms with van der Waals surface area (Å²) in [5, 5.41) is 9.58. The van der Waals surface area contributed by atoms with Gasteiger partial charge in [0, 0.05) is 36.9 Å². The molecular weight excluding hydrogens is 430 g/mol. The molecule has 2 aromatic carbocycles. The van der Waals surface area contributed by atoms with Crippen LogP contribution in [-0.4, -0.2) is 57.5 Å². The molecule has 0 saturated carbocycles. The number of aromatic nitrogens is 3. The van der Waals surface area contributed by atoms with Crippen molar-refractivity contribution in [2.24, 2.45) is 0 Å². The highest BCUT2D eigenvalue weighted by molar-refractivity contribution is 7.99. The van der Waals surface area contributed by atoms with Crippen LogP contribution < -0.4 is 4.90 Å². The van der Waals surface area contributed by atoms with E-state index in [4.69, 9.17) is 11.6 Å². The molecule has 162 valence electrons. The molecule has 1 aromatic heterocycles. The van der Waals surface area contributed by atoms with Crippen LogP contribution in [0.4, 0.5) is 5.69 Å². The first-order chi connectivity index (χ1) is 14.9. The second-order valence-electron chi connectivity index (χ2n) is 7.79. The Hall–Kier alpha value is -2.51. The van der Waals surface area contributed by atoms with Crippen molar-refractivity contribution >= 4 is 35.0 Å². The van der Waals surface area contributed by atoms with E-state index >= 15 is 0 Å². The van der Waals surface area contributed by atoms with Crippen molar-refractivity contribution in [2.45, 2.75) is 25.9 Å². The van der Waals surface area contributed by atoms with E-state index in [0.717, 1.165) is 37.4 Å². The normalized spacial score (nSPS) is 14.2. The Balaban J connectivity index is 1.35. The third kappa shape index (κ3) is 4.72. The van der Waals surface area contributed by atoms with E-state index < -0.39 is 0 Å². The molecule has 0 radical (unpaired) electrons. The highest BCUT2D eigenvalue weighted by atomic mass is 35.5. The average Bonchev–Trinajstić information content (AvgIpc) is 3.25. The lowest BCUT2D eigenvalue weighted by molar-refractivity contribution is -0.128. The zero-order valence-corrected chi connectivity index (χ0v) is 19.6. The van der Waals surface area contributed by atoms with Crippen molar-refractivity contribution < 1.29 is 4.79 Å². The van der Waals surface area contributed by atoms with Crippen molar-refractivity contribution in [1.29, 1.82) is 0 Å². The highest BCUT2D eigenvalue weighted by Gasteiger charge is 2.23. The lowest BCUT2D eigenvalue weighted by Gasteiger charge is -2.37. The van der Waals surface area contributed by atoms with Gasteiger partial charge in [0.1, 0.15) is 6.33 Å². The maximum absolute atomic E-state index is 12.8. The molecule has 1 aliphatic rings. The van der Waals surface area contributed by atoms with Crippen LogP contribution in [0.1, 0.15) is 16.7 Å². The maximum atomic E-state index is 12.8.